The summed E-state index contributed by atoms with van der Waals surface area (Å²) in [6.45, 7) is 0.532. The zero-order valence-corrected chi connectivity index (χ0v) is 11.0. The highest BCUT2D eigenvalue weighted by atomic mass is 35.5. The molecule has 18 heavy (non-hydrogen) atoms. The van der Waals surface area contributed by atoms with E-state index in [1.165, 1.54) is 4.57 Å². The summed E-state index contributed by atoms with van der Waals surface area (Å²) in [7, 11) is 0. The molecule has 7 heteroatoms. The van der Waals surface area contributed by atoms with E-state index >= 15 is 0 Å². The third kappa shape index (κ3) is 2.58. The second kappa shape index (κ2) is 5.56. The number of H-pyrrole nitrogens is 1. The van der Waals surface area contributed by atoms with Gasteiger partial charge in [-0.2, -0.15) is 5.10 Å². The van der Waals surface area contributed by atoms with Crippen LogP contribution in [0, 0.1) is 0 Å². The largest absolute Gasteiger partial charge is 0.347 e. The van der Waals surface area contributed by atoms with Crippen molar-refractivity contribution in [3.63, 3.8) is 0 Å². The summed E-state index contributed by atoms with van der Waals surface area (Å²) in [5.41, 5.74) is 5.63. The number of nitrogens with two attached hydrogens (primary N) is 1. The van der Waals surface area contributed by atoms with Gasteiger partial charge in [0.05, 0.1) is 10.7 Å². The molecule has 1 heterocycles. The molecule has 0 fully saturated rings. The predicted molar refractivity (Wildman–Crippen MR) is 71.6 cm³/mol. The lowest BCUT2D eigenvalue weighted by Gasteiger charge is -2.07. The SMILES string of the molecule is NCCCc1n[nH]c(=O)n1-c1cc(Cl)ccc1Cl. The number of benzene rings is 1. The average molecular weight is 287 g/mol. The Labute approximate surface area is 114 Å². The number of rotatable bonds is 4. The van der Waals surface area contributed by atoms with Gasteiger partial charge in [-0.05, 0) is 31.2 Å². The van der Waals surface area contributed by atoms with Gasteiger partial charge >= 0.3 is 5.69 Å². The van der Waals surface area contributed by atoms with Crippen LogP contribution in [0.4, 0.5) is 0 Å². The van der Waals surface area contributed by atoms with Crippen LogP contribution in [0.3, 0.4) is 0 Å². The first kappa shape index (κ1) is 13.1. The molecule has 0 bridgehead atoms. The summed E-state index contributed by atoms with van der Waals surface area (Å²) in [5.74, 6) is 0.592. The fraction of sp³-hybridized carbons (Fsp3) is 0.273. The molecule has 1 aromatic heterocycles. The van der Waals surface area contributed by atoms with Gasteiger partial charge < -0.3 is 5.73 Å². The smallest absolute Gasteiger partial charge is 0.330 e. The van der Waals surface area contributed by atoms with Crippen LogP contribution in [-0.2, 0) is 6.42 Å². The van der Waals surface area contributed by atoms with Crippen LogP contribution >= 0.6 is 23.2 Å². The van der Waals surface area contributed by atoms with Gasteiger partial charge in [-0.25, -0.2) is 14.5 Å². The Hall–Kier alpha value is -1.30. The zero-order chi connectivity index (χ0) is 13.1. The monoisotopic (exact) mass is 286 g/mol. The maximum absolute atomic E-state index is 11.8. The van der Waals surface area contributed by atoms with Crippen molar-refractivity contribution in [3.8, 4) is 5.69 Å². The first-order valence-electron chi connectivity index (χ1n) is 5.45. The van der Waals surface area contributed by atoms with E-state index in [1.54, 1.807) is 18.2 Å². The van der Waals surface area contributed by atoms with Crippen LogP contribution in [0.15, 0.2) is 23.0 Å². The minimum atomic E-state index is -0.341. The number of hydrogen-bond acceptors (Lipinski definition) is 3. The van der Waals surface area contributed by atoms with E-state index in [0.717, 1.165) is 6.42 Å². The van der Waals surface area contributed by atoms with Crippen molar-refractivity contribution in [1.82, 2.24) is 14.8 Å². The summed E-state index contributed by atoms with van der Waals surface area (Å²) < 4.78 is 1.42. The zero-order valence-electron chi connectivity index (χ0n) is 9.49. The lowest BCUT2D eigenvalue weighted by Crippen LogP contribution is -2.18. The highest BCUT2D eigenvalue weighted by Crippen LogP contribution is 2.24. The summed E-state index contributed by atoms with van der Waals surface area (Å²) in [5, 5.41) is 7.32. The first-order valence-corrected chi connectivity index (χ1v) is 6.21. The highest BCUT2D eigenvalue weighted by molar-refractivity contribution is 6.34. The van der Waals surface area contributed by atoms with Crippen molar-refractivity contribution in [2.24, 2.45) is 5.73 Å². The lowest BCUT2D eigenvalue weighted by atomic mass is 10.2. The third-order valence-electron chi connectivity index (χ3n) is 2.50. The Balaban J connectivity index is 2.52. The van der Waals surface area contributed by atoms with Crippen LogP contribution < -0.4 is 11.4 Å². The molecule has 3 N–H and O–H groups in total. The van der Waals surface area contributed by atoms with Gasteiger partial charge in [-0.3, -0.25) is 0 Å². The summed E-state index contributed by atoms with van der Waals surface area (Å²) in [6.07, 6.45) is 1.33. The molecule has 96 valence electrons. The molecular weight excluding hydrogens is 275 g/mol. The molecule has 0 unspecified atom stereocenters. The molecule has 2 aromatic rings. The normalized spacial score (nSPS) is 10.8. The van der Waals surface area contributed by atoms with E-state index in [1.807, 2.05) is 0 Å². The van der Waals surface area contributed by atoms with E-state index in [-0.39, 0.29) is 5.69 Å². The number of nitrogens with zero attached hydrogens (tertiary/aromatic N) is 2. The number of halogens is 2. The molecule has 0 amide bonds. The molecule has 5 nitrogen and oxygen atoms in total. The van der Waals surface area contributed by atoms with E-state index < -0.39 is 0 Å². The molecule has 2 rings (SSSR count). The van der Waals surface area contributed by atoms with Crippen LogP contribution in [0.1, 0.15) is 12.2 Å². The highest BCUT2D eigenvalue weighted by Gasteiger charge is 2.13. The van der Waals surface area contributed by atoms with E-state index in [4.69, 9.17) is 28.9 Å². The molecule has 0 saturated heterocycles. The van der Waals surface area contributed by atoms with Crippen molar-refractivity contribution in [3.05, 3.63) is 44.6 Å². The molecule has 0 spiro atoms. The molecule has 0 radical (unpaired) electrons. The molecule has 0 aliphatic carbocycles. The minimum absolute atomic E-state index is 0.341. The van der Waals surface area contributed by atoms with E-state index in [9.17, 15) is 4.79 Å². The first-order chi connectivity index (χ1) is 8.63. The molecular formula is C11H12Cl2N4O. The minimum Gasteiger partial charge on any atom is -0.330 e. The summed E-state index contributed by atoms with van der Waals surface area (Å²) >= 11 is 12.0. The van der Waals surface area contributed by atoms with Gasteiger partial charge in [0.25, 0.3) is 0 Å². The molecule has 0 aliphatic heterocycles. The van der Waals surface area contributed by atoms with Gasteiger partial charge in [0.15, 0.2) is 0 Å². The number of aromatic amines is 1. The van der Waals surface area contributed by atoms with Crippen LogP contribution in [0.25, 0.3) is 5.69 Å². The molecule has 1 aromatic carbocycles. The Bertz CT molecular complexity index is 605. The van der Waals surface area contributed by atoms with Crippen molar-refractivity contribution < 1.29 is 0 Å². The van der Waals surface area contributed by atoms with Crippen molar-refractivity contribution in [1.29, 1.82) is 0 Å². The van der Waals surface area contributed by atoms with Crippen LogP contribution in [0.5, 0.6) is 0 Å². The predicted octanol–water partition coefficient (Wildman–Crippen LogP) is 1.76. The fourth-order valence-electron chi connectivity index (χ4n) is 1.66. The summed E-state index contributed by atoms with van der Waals surface area (Å²) in [4.78, 5) is 11.8. The topological polar surface area (TPSA) is 76.7 Å². The second-order valence-corrected chi connectivity index (χ2v) is 4.61. The Morgan fingerprint density at radius 3 is 2.89 bits per heavy atom. The van der Waals surface area contributed by atoms with Gasteiger partial charge in [0.2, 0.25) is 0 Å². The number of nitrogens with one attached hydrogen (secondary N) is 1. The van der Waals surface area contributed by atoms with Crippen molar-refractivity contribution in [2.75, 3.05) is 6.54 Å². The number of aromatic nitrogens is 3. The Morgan fingerprint density at radius 1 is 1.39 bits per heavy atom. The molecule has 0 saturated carbocycles. The Kier molecular flexibility index (Phi) is 4.06. The lowest BCUT2D eigenvalue weighted by molar-refractivity contribution is 0.757. The third-order valence-corrected chi connectivity index (χ3v) is 3.05. The van der Waals surface area contributed by atoms with E-state index in [2.05, 4.69) is 10.2 Å². The number of hydrogen-bond donors (Lipinski definition) is 2. The standard InChI is InChI=1S/C11H12Cl2N4O/c12-7-3-4-8(13)9(6-7)17-10(2-1-5-14)15-16-11(17)18/h3-4,6H,1-2,5,14H2,(H,16,18). The van der Waals surface area contributed by atoms with Crippen LogP contribution in [-0.4, -0.2) is 21.3 Å². The van der Waals surface area contributed by atoms with Gasteiger partial charge in [-0.15, -0.1) is 0 Å². The maximum atomic E-state index is 11.8. The van der Waals surface area contributed by atoms with Gasteiger partial charge in [-0.1, -0.05) is 23.2 Å². The average Bonchev–Trinajstić information content (AvgIpc) is 2.71. The van der Waals surface area contributed by atoms with Crippen molar-refractivity contribution >= 4 is 23.2 Å². The van der Waals surface area contributed by atoms with Gasteiger partial charge in [0.1, 0.15) is 5.82 Å². The second-order valence-electron chi connectivity index (χ2n) is 3.77. The maximum Gasteiger partial charge on any atom is 0.347 e. The van der Waals surface area contributed by atoms with E-state index in [0.29, 0.717) is 34.5 Å². The quantitative estimate of drug-likeness (QED) is 0.899. The fourth-order valence-corrected chi connectivity index (χ4v) is 2.03. The molecule has 0 atom stereocenters. The molecule has 0 aliphatic rings. The Morgan fingerprint density at radius 2 is 2.17 bits per heavy atom. The number of aryl methyl sites for hydroxylation is 1. The summed E-state index contributed by atoms with van der Waals surface area (Å²) in [6, 6.07) is 4.94. The van der Waals surface area contributed by atoms with Crippen LogP contribution in [0.2, 0.25) is 10.0 Å². The van der Waals surface area contributed by atoms with Gasteiger partial charge in [0, 0.05) is 11.4 Å². The van der Waals surface area contributed by atoms with Crippen molar-refractivity contribution in [2.45, 2.75) is 12.8 Å².